The van der Waals surface area contributed by atoms with Crippen LogP contribution >= 0.6 is 22.7 Å². The summed E-state index contributed by atoms with van der Waals surface area (Å²) in [6, 6.07) is 40.3. The largest absolute Gasteiger partial charge is 0.465 e. The molecule has 12 heteroatoms. The number of thiazole rings is 2. The number of nitrogens with zero attached hydrogens (tertiary/aromatic N) is 4. The summed E-state index contributed by atoms with van der Waals surface area (Å²) in [7, 11) is 6.81. The zero-order valence-electron chi connectivity index (χ0n) is 36.3. The van der Waals surface area contributed by atoms with E-state index in [1.54, 1.807) is 46.9 Å². The summed E-state index contributed by atoms with van der Waals surface area (Å²) in [5, 5.41) is 9.58. The molecule has 5 aromatic carbocycles. The molecule has 1 aliphatic carbocycles. The minimum absolute atomic E-state index is 0.320. The Morgan fingerprint density at radius 3 is 1.52 bits per heavy atom. The molecular weight excluding hydrogens is 825 g/mol. The second kappa shape index (κ2) is 21.5. The number of carbonyl (C=O) groups is 2. The maximum atomic E-state index is 11.6. The molecule has 0 atom stereocenters. The van der Waals surface area contributed by atoms with Crippen molar-refractivity contribution in [3.63, 3.8) is 0 Å². The normalized spacial score (nSPS) is 12.4. The number of nitrogen functional groups attached to an aromatic ring is 1. The zero-order chi connectivity index (χ0) is 44.1. The van der Waals surface area contributed by atoms with Crippen LogP contribution in [0.3, 0.4) is 0 Å². The van der Waals surface area contributed by atoms with Crippen molar-refractivity contribution >= 4 is 56.3 Å². The number of aromatic nitrogens is 2. The molecule has 2 aromatic heterocycles. The van der Waals surface area contributed by atoms with Crippen LogP contribution in [0.2, 0.25) is 0 Å². The molecule has 0 aliphatic heterocycles. The van der Waals surface area contributed by atoms with Gasteiger partial charge >= 0.3 is 11.9 Å². The Kier molecular flexibility index (Phi) is 15.2. The highest BCUT2D eigenvalue weighted by molar-refractivity contribution is 7.14. The van der Waals surface area contributed by atoms with Gasteiger partial charge in [0.15, 0.2) is 10.3 Å². The topological polar surface area (TPSA) is 123 Å². The highest BCUT2D eigenvalue weighted by atomic mass is 32.1. The summed E-state index contributed by atoms with van der Waals surface area (Å²) < 4.78 is 9.49. The lowest BCUT2D eigenvalue weighted by atomic mass is 9.84. The molecule has 1 saturated carbocycles. The number of nitrogens with two attached hydrogens (primary N) is 1. The molecule has 0 saturated heterocycles. The number of ether oxygens (including phenoxy) is 2. The van der Waals surface area contributed by atoms with Gasteiger partial charge in [-0.2, -0.15) is 0 Å². The average molecular weight is 879 g/mol. The molecule has 0 amide bonds. The molecule has 3 N–H and O–H groups in total. The Balaban J connectivity index is 0.000000206. The van der Waals surface area contributed by atoms with Crippen molar-refractivity contribution < 1.29 is 19.1 Å². The Hall–Kier alpha value is -6.50. The third kappa shape index (κ3) is 12.1. The number of nitrogens with one attached hydrogen (secondary N) is 1. The van der Waals surface area contributed by atoms with Crippen LogP contribution in [0.15, 0.2) is 132 Å². The van der Waals surface area contributed by atoms with Crippen molar-refractivity contribution in [1.29, 1.82) is 0 Å². The lowest BCUT2D eigenvalue weighted by Crippen LogP contribution is -2.16. The summed E-state index contributed by atoms with van der Waals surface area (Å²) in [5.41, 5.74) is 17.8. The number of hydrogen-bond acceptors (Lipinski definition) is 12. The van der Waals surface area contributed by atoms with Gasteiger partial charge in [0.1, 0.15) is 0 Å². The van der Waals surface area contributed by atoms with Gasteiger partial charge in [0.05, 0.1) is 36.7 Å². The first-order valence-electron chi connectivity index (χ1n) is 21.1. The third-order valence-corrected chi connectivity index (χ3v) is 13.1. The number of anilines is 4. The number of methoxy groups -OCH3 is 2. The van der Waals surface area contributed by atoms with Gasteiger partial charge in [0.25, 0.3) is 0 Å². The highest BCUT2D eigenvalue weighted by Gasteiger charge is 2.16. The fourth-order valence-corrected chi connectivity index (χ4v) is 9.12. The Morgan fingerprint density at radius 2 is 1.06 bits per heavy atom. The van der Waals surface area contributed by atoms with Gasteiger partial charge in [0.2, 0.25) is 0 Å². The van der Waals surface area contributed by atoms with Gasteiger partial charge in [-0.05, 0) is 89.5 Å². The van der Waals surface area contributed by atoms with E-state index in [0.29, 0.717) is 24.2 Å². The number of carbonyl (C=O) groups excluding carboxylic acids is 2. The van der Waals surface area contributed by atoms with Crippen molar-refractivity contribution in [2.24, 2.45) is 0 Å². The fourth-order valence-electron chi connectivity index (χ4n) is 7.52. The Labute approximate surface area is 378 Å². The second-order valence-corrected chi connectivity index (χ2v) is 17.4. The summed E-state index contributed by atoms with van der Waals surface area (Å²) in [4.78, 5) is 36.9. The quantitative estimate of drug-likeness (QED) is 0.0806. The minimum atomic E-state index is -0.326. The van der Waals surface area contributed by atoms with E-state index in [1.165, 1.54) is 57.5 Å². The van der Waals surface area contributed by atoms with Crippen LogP contribution in [0.5, 0.6) is 0 Å². The predicted molar refractivity (Wildman–Crippen MR) is 259 cm³/mol. The van der Waals surface area contributed by atoms with E-state index in [2.05, 4.69) is 69.0 Å². The van der Waals surface area contributed by atoms with E-state index < -0.39 is 0 Å². The smallest absolute Gasteiger partial charge is 0.337 e. The molecule has 8 rings (SSSR count). The molecule has 1 fully saturated rings. The van der Waals surface area contributed by atoms with Crippen molar-refractivity contribution in [3.05, 3.63) is 165 Å². The summed E-state index contributed by atoms with van der Waals surface area (Å²) >= 11 is 3.23. The molecule has 2 heterocycles. The van der Waals surface area contributed by atoms with Crippen LogP contribution in [0.25, 0.3) is 22.5 Å². The molecule has 63 heavy (non-hydrogen) atoms. The standard InChI is InChI=1S/C32H35N3O2S.C19H19N3O2S/c1-35(21-24-10-14-28(15-11-24)31(36)37-2)32-34-30(22-38-32)27-16-18-29(19-17-27)33-20-23-8-12-26(13-9-23)25-6-4-3-5-7-25;1-22(11-13-3-5-15(6-4-13)18(23)24-2)19-21-17(12-25-19)14-7-9-16(20)10-8-14/h8-19,22,25,33H,3-7,20-21H2,1-2H3;3-10,12H,11,20H2,1-2H3. The van der Waals surface area contributed by atoms with Crippen molar-refractivity contribution in [3.8, 4) is 22.5 Å². The van der Waals surface area contributed by atoms with Crippen LogP contribution < -0.4 is 20.9 Å². The SMILES string of the molecule is COC(=O)c1ccc(CN(C)c2nc(-c3ccc(N)cc3)cs2)cc1.COC(=O)c1ccc(CN(C)c2nc(-c3ccc(NCc4ccc(C5CCCCC5)cc4)cc3)cs2)cc1. The minimum Gasteiger partial charge on any atom is -0.465 e. The number of rotatable bonds is 14. The molecule has 0 radical (unpaired) electrons. The average Bonchev–Trinajstić information content (AvgIpc) is 4.04. The lowest BCUT2D eigenvalue weighted by Gasteiger charge is -2.22. The van der Waals surface area contributed by atoms with E-state index in [0.717, 1.165) is 67.7 Å². The van der Waals surface area contributed by atoms with E-state index in [9.17, 15) is 9.59 Å². The van der Waals surface area contributed by atoms with Crippen LogP contribution in [0.4, 0.5) is 21.6 Å². The predicted octanol–water partition coefficient (Wildman–Crippen LogP) is 11.7. The first-order chi connectivity index (χ1) is 30.6. The van der Waals surface area contributed by atoms with Crippen molar-refractivity contribution in [1.82, 2.24) is 9.97 Å². The first-order valence-corrected chi connectivity index (χ1v) is 22.9. The number of esters is 2. The zero-order valence-corrected chi connectivity index (χ0v) is 37.9. The fraction of sp³-hybridized carbons (Fsp3) is 0.255. The first kappa shape index (κ1) is 44.6. The summed E-state index contributed by atoms with van der Waals surface area (Å²) in [6.45, 7) is 2.23. The Bertz CT molecular complexity index is 2530. The maximum absolute atomic E-state index is 11.6. The number of benzene rings is 5. The van der Waals surface area contributed by atoms with Gasteiger partial charge in [-0.3, -0.25) is 0 Å². The molecule has 0 unspecified atom stereocenters. The molecule has 0 spiro atoms. The van der Waals surface area contributed by atoms with Gasteiger partial charge in [-0.15, -0.1) is 22.7 Å². The molecule has 10 nitrogen and oxygen atoms in total. The van der Waals surface area contributed by atoms with E-state index >= 15 is 0 Å². The molecule has 0 bridgehead atoms. The molecule has 1 aliphatic rings. The lowest BCUT2D eigenvalue weighted by molar-refractivity contribution is 0.0592. The van der Waals surface area contributed by atoms with Crippen LogP contribution in [-0.2, 0) is 29.1 Å². The monoisotopic (exact) mass is 878 g/mol. The van der Waals surface area contributed by atoms with E-state index in [1.807, 2.05) is 68.0 Å². The summed E-state index contributed by atoms with van der Waals surface area (Å²) in [6.07, 6.45) is 6.82. The van der Waals surface area contributed by atoms with Gasteiger partial charge in [-0.25, -0.2) is 19.6 Å². The van der Waals surface area contributed by atoms with Gasteiger partial charge < -0.3 is 30.3 Å². The van der Waals surface area contributed by atoms with Crippen molar-refractivity contribution in [2.45, 2.75) is 57.7 Å². The number of hydrogen-bond donors (Lipinski definition) is 2. The molecular formula is C51H54N6O4S2. The summed E-state index contributed by atoms with van der Waals surface area (Å²) in [5.74, 6) is 0.107. The van der Waals surface area contributed by atoms with Gasteiger partial charge in [0, 0.05) is 67.0 Å². The second-order valence-electron chi connectivity index (χ2n) is 15.7. The third-order valence-electron chi connectivity index (χ3n) is 11.2. The van der Waals surface area contributed by atoms with Gasteiger partial charge in [-0.1, -0.05) is 92.1 Å². The highest BCUT2D eigenvalue weighted by Crippen LogP contribution is 2.33. The van der Waals surface area contributed by atoms with Crippen LogP contribution in [-0.4, -0.2) is 50.2 Å². The molecule has 7 aromatic rings. The van der Waals surface area contributed by atoms with Crippen LogP contribution in [0, 0.1) is 0 Å². The van der Waals surface area contributed by atoms with Crippen molar-refractivity contribution in [2.75, 3.05) is 49.2 Å². The van der Waals surface area contributed by atoms with Crippen LogP contribution in [0.1, 0.15) is 81.0 Å². The Morgan fingerprint density at radius 1 is 0.619 bits per heavy atom. The molecule has 324 valence electrons. The maximum Gasteiger partial charge on any atom is 0.337 e. The van der Waals surface area contributed by atoms with E-state index in [4.69, 9.17) is 25.2 Å². The van der Waals surface area contributed by atoms with E-state index in [-0.39, 0.29) is 11.9 Å².